The Morgan fingerprint density at radius 2 is 1.06 bits per heavy atom. The van der Waals surface area contributed by atoms with Crippen molar-refractivity contribution in [2.24, 2.45) is 0 Å². The second-order valence-corrected chi connectivity index (χ2v) is 7.88. The second-order valence-electron chi connectivity index (χ2n) is 6.97. The van der Waals surface area contributed by atoms with E-state index >= 15 is 0 Å². The SMILES string of the molecule is N#Cc1ccc(F)cc1-c1cc(Br)ccc1F.N#Cc1ccc(F)cc1-c1cc(N)ccc1F. The molecule has 0 atom stereocenters. The van der Waals surface area contributed by atoms with Gasteiger partial charge in [-0.25, -0.2) is 17.6 Å². The van der Waals surface area contributed by atoms with Gasteiger partial charge >= 0.3 is 0 Å². The Kier molecular flexibility index (Phi) is 7.68. The van der Waals surface area contributed by atoms with E-state index in [1.165, 1.54) is 48.5 Å². The molecule has 0 unspecified atom stereocenters. The Morgan fingerprint density at radius 1 is 0.588 bits per heavy atom. The normalized spacial score (nSPS) is 9.97. The van der Waals surface area contributed by atoms with Gasteiger partial charge in [-0.1, -0.05) is 15.9 Å². The van der Waals surface area contributed by atoms with Crippen molar-refractivity contribution in [2.45, 2.75) is 0 Å². The summed E-state index contributed by atoms with van der Waals surface area (Å²) in [6, 6.07) is 19.4. The summed E-state index contributed by atoms with van der Waals surface area (Å²) < 4.78 is 54.2. The third kappa shape index (κ3) is 5.61. The zero-order chi connectivity index (χ0) is 24.8. The van der Waals surface area contributed by atoms with E-state index in [1.807, 2.05) is 12.1 Å². The van der Waals surface area contributed by atoms with Crippen molar-refractivity contribution in [1.29, 1.82) is 10.5 Å². The molecule has 0 radical (unpaired) electrons. The molecule has 0 spiro atoms. The third-order valence-electron chi connectivity index (χ3n) is 4.70. The van der Waals surface area contributed by atoms with Crippen LogP contribution in [0.4, 0.5) is 23.2 Å². The minimum absolute atomic E-state index is 0.126. The van der Waals surface area contributed by atoms with Crippen LogP contribution < -0.4 is 5.73 Å². The molecule has 0 aliphatic heterocycles. The monoisotopic (exact) mass is 523 g/mol. The van der Waals surface area contributed by atoms with Gasteiger partial charge in [-0.15, -0.1) is 0 Å². The molecule has 0 fully saturated rings. The molecular formula is C26H14BrF4N3. The van der Waals surface area contributed by atoms with Crippen LogP contribution in [0.5, 0.6) is 0 Å². The first kappa shape index (κ1) is 24.5. The number of nitrogens with zero attached hydrogens (tertiary/aromatic N) is 2. The molecule has 0 aliphatic rings. The Morgan fingerprint density at radius 3 is 1.56 bits per heavy atom. The number of halogens is 5. The zero-order valence-electron chi connectivity index (χ0n) is 17.3. The van der Waals surface area contributed by atoms with Crippen molar-refractivity contribution < 1.29 is 17.6 Å². The van der Waals surface area contributed by atoms with Gasteiger partial charge in [-0.3, -0.25) is 0 Å². The van der Waals surface area contributed by atoms with Crippen LogP contribution in [0.2, 0.25) is 0 Å². The highest BCUT2D eigenvalue weighted by atomic mass is 79.9. The van der Waals surface area contributed by atoms with Crippen molar-refractivity contribution in [3.63, 3.8) is 0 Å². The lowest BCUT2D eigenvalue weighted by Crippen LogP contribution is -1.92. The summed E-state index contributed by atoms with van der Waals surface area (Å²) in [5, 5.41) is 17.8. The quantitative estimate of drug-likeness (QED) is 0.220. The molecule has 0 amide bonds. The van der Waals surface area contributed by atoms with Gasteiger partial charge in [0, 0.05) is 32.4 Å². The minimum atomic E-state index is -0.540. The van der Waals surface area contributed by atoms with Crippen molar-refractivity contribution in [3.05, 3.63) is 112 Å². The van der Waals surface area contributed by atoms with Crippen LogP contribution in [0, 0.1) is 45.9 Å². The molecule has 0 aromatic heterocycles. The molecule has 0 saturated heterocycles. The first-order chi connectivity index (χ1) is 16.2. The van der Waals surface area contributed by atoms with Crippen LogP contribution in [-0.4, -0.2) is 0 Å². The highest BCUT2D eigenvalue weighted by Gasteiger charge is 2.12. The Bertz CT molecular complexity index is 1340. The summed E-state index contributed by atoms with van der Waals surface area (Å²) in [5.74, 6) is -2.06. The van der Waals surface area contributed by atoms with Gasteiger partial charge in [0.2, 0.25) is 0 Å². The van der Waals surface area contributed by atoms with Crippen molar-refractivity contribution in [3.8, 4) is 34.4 Å². The maximum absolute atomic E-state index is 13.7. The van der Waals surface area contributed by atoms with Crippen molar-refractivity contribution >= 4 is 21.6 Å². The average molecular weight is 524 g/mol. The van der Waals surface area contributed by atoms with Crippen LogP contribution >= 0.6 is 15.9 Å². The molecule has 168 valence electrons. The minimum Gasteiger partial charge on any atom is -0.399 e. The summed E-state index contributed by atoms with van der Waals surface area (Å²) >= 11 is 3.22. The first-order valence-electron chi connectivity index (χ1n) is 9.63. The number of hydrogen-bond donors (Lipinski definition) is 1. The number of hydrogen-bond acceptors (Lipinski definition) is 3. The predicted molar refractivity (Wildman–Crippen MR) is 125 cm³/mol. The molecule has 0 bridgehead atoms. The average Bonchev–Trinajstić information content (AvgIpc) is 2.82. The largest absolute Gasteiger partial charge is 0.399 e. The van der Waals surface area contributed by atoms with Gasteiger partial charge in [0.15, 0.2) is 0 Å². The molecule has 4 rings (SSSR count). The molecular weight excluding hydrogens is 510 g/mol. The number of nitrogens with two attached hydrogens (primary N) is 1. The Labute approximate surface area is 201 Å². The molecule has 4 aromatic rings. The first-order valence-corrected chi connectivity index (χ1v) is 10.4. The smallest absolute Gasteiger partial charge is 0.131 e. The molecule has 0 saturated carbocycles. The fourth-order valence-electron chi connectivity index (χ4n) is 3.13. The van der Waals surface area contributed by atoms with E-state index in [-0.39, 0.29) is 33.4 Å². The molecule has 34 heavy (non-hydrogen) atoms. The summed E-state index contributed by atoms with van der Waals surface area (Å²) in [5.41, 5.74) is 7.14. The van der Waals surface area contributed by atoms with Crippen LogP contribution in [-0.2, 0) is 0 Å². The summed E-state index contributed by atoms with van der Waals surface area (Å²) in [4.78, 5) is 0. The molecule has 3 nitrogen and oxygen atoms in total. The Balaban J connectivity index is 0.000000191. The predicted octanol–water partition coefficient (Wildman–Crippen LogP) is 7.35. The van der Waals surface area contributed by atoms with E-state index in [1.54, 1.807) is 6.07 Å². The number of rotatable bonds is 2. The number of nitriles is 2. The zero-order valence-corrected chi connectivity index (χ0v) is 18.9. The fraction of sp³-hybridized carbons (Fsp3) is 0. The number of anilines is 1. The molecule has 0 aliphatic carbocycles. The van der Waals surface area contributed by atoms with Gasteiger partial charge < -0.3 is 5.73 Å². The van der Waals surface area contributed by atoms with Gasteiger partial charge in [0.05, 0.1) is 23.3 Å². The number of benzene rings is 4. The molecule has 4 aromatic carbocycles. The van der Waals surface area contributed by atoms with Crippen molar-refractivity contribution in [2.75, 3.05) is 5.73 Å². The van der Waals surface area contributed by atoms with Gasteiger partial charge in [-0.05, 0) is 72.8 Å². The van der Waals surface area contributed by atoms with Crippen molar-refractivity contribution in [1.82, 2.24) is 0 Å². The lowest BCUT2D eigenvalue weighted by atomic mass is 9.99. The highest BCUT2D eigenvalue weighted by molar-refractivity contribution is 9.10. The lowest BCUT2D eigenvalue weighted by Gasteiger charge is -2.07. The third-order valence-corrected chi connectivity index (χ3v) is 5.20. The van der Waals surface area contributed by atoms with E-state index in [2.05, 4.69) is 15.9 Å². The molecule has 0 heterocycles. The van der Waals surface area contributed by atoms with Crippen LogP contribution in [0.15, 0.2) is 77.3 Å². The summed E-state index contributed by atoms with van der Waals surface area (Å²) in [6.45, 7) is 0. The topological polar surface area (TPSA) is 73.6 Å². The summed E-state index contributed by atoms with van der Waals surface area (Å²) in [7, 11) is 0. The number of nitrogen functional groups attached to an aromatic ring is 1. The Hall–Kier alpha value is -4.14. The fourth-order valence-corrected chi connectivity index (χ4v) is 3.49. The van der Waals surface area contributed by atoms with Crippen LogP contribution in [0.1, 0.15) is 11.1 Å². The molecule has 2 N–H and O–H groups in total. The van der Waals surface area contributed by atoms with E-state index in [0.717, 1.165) is 18.2 Å². The lowest BCUT2D eigenvalue weighted by molar-refractivity contribution is 0.623. The van der Waals surface area contributed by atoms with E-state index in [0.29, 0.717) is 10.2 Å². The van der Waals surface area contributed by atoms with E-state index in [9.17, 15) is 17.6 Å². The second kappa shape index (κ2) is 10.7. The maximum atomic E-state index is 13.7. The van der Waals surface area contributed by atoms with Gasteiger partial charge in [0.25, 0.3) is 0 Å². The van der Waals surface area contributed by atoms with Gasteiger partial charge in [0.1, 0.15) is 23.3 Å². The maximum Gasteiger partial charge on any atom is 0.131 e. The standard InChI is InChI=1S/C13H6BrF2N.C13H8F2N2/c14-9-2-4-13(16)12(5-9)11-6-10(15)3-1-8(11)7-17;14-9-2-1-8(7-16)11(5-9)12-6-10(17)3-4-13(12)15/h1-6H;1-6H,17H2. The van der Waals surface area contributed by atoms with E-state index in [4.69, 9.17) is 16.3 Å². The van der Waals surface area contributed by atoms with Crippen LogP contribution in [0.3, 0.4) is 0 Å². The summed E-state index contributed by atoms with van der Waals surface area (Å²) in [6.07, 6.45) is 0. The van der Waals surface area contributed by atoms with Crippen LogP contribution in [0.25, 0.3) is 22.3 Å². The highest BCUT2D eigenvalue weighted by Crippen LogP contribution is 2.30. The van der Waals surface area contributed by atoms with Gasteiger partial charge in [-0.2, -0.15) is 10.5 Å². The molecule has 8 heteroatoms. The van der Waals surface area contributed by atoms with E-state index < -0.39 is 23.3 Å².